The van der Waals surface area contributed by atoms with Crippen molar-refractivity contribution >= 4 is 93.9 Å². The van der Waals surface area contributed by atoms with Crippen LogP contribution in [0.15, 0.2) is 133 Å². The van der Waals surface area contributed by atoms with Crippen molar-refractivity contribution in [2.75, 3.05) is 12.8 Å². The predicted octanol–water partition coefficient (Wildman–Crippen LogP) is 5.26. The lowest BCUT2D eigenvalue weighted by molar-refractivity contribution is -0.330. The molecule has 18 atom stereocenters. The number of phenols is 3. The van der Waals surface area contributed by atoms with Gasteiger partial charge in [-0.05, 0) is 146 Å². The number of nitrogens with one attached hydrogen (secondary N) is 8. The minimum absolute atomic E-state index is 0.0714. The van der Waals surface area contributed by atoms with E-state index in [4.69, 9.17) is 69.0 Å². The summed E-state index contributed by atoms with van der Waals surface area (Å²) < 4.78 is 40.5. The smallest absolute Gasteiger partial charge is 0.330 e. The van der Waals surface area contributed by atoms with Crippen molar-refractivity contribution in [1.29, 1.82) is 0 Å². The van der Waals surface area contributed by atoms with Crippen LogP contribution in [0, 0.1) is 12.8 Å². The normalized spacial score (nSPS) is 26.2. The van der Waals surface area contributed by atoms with E-state index < -0.39 is 236 Å². The molecule has 20 N–H and O–H groups in total. The second-order valence-corrected chi connectivity index (χ2v) is 33.1. The molecule has 9 unspecified atom stereocenters. The molecule has 0 radical (unpaired) electrons. The molecule has 0 spiro atoms. The average Bonchev–Trinajstić information content (AvgIpc) is 0.765. The fourth-order valence-corrected chi connectivity index (χ4v) is 16.4. The minimum Gasteiger partial charge on any atom is -0.508 e. The number of carbonyl (C=O) groups is 8. The number of carboxylic acids is 1. The van der Waals surface area contributed by atoms with Gasteiger partial charge in [0.25, 0.3) is 0 Å². The Morgan fingerprint density at radius 3 is 1.92 bits per heavy atom. The summed E-state index contributed by atoms with van der Waals surface area (Å²) in [5.74, 6) is -17.0. The van der Waals surface area contributed by atoms with Crippen LogP contribution in [0.25, 0.3) is 22.3 Å². The first-order chi connectivity index (χ1) is 58.4. The quantitative estimate of drug-likeness (QED) is 0.0459. The minimum atomic E-state index is -2.39. The summed E-state index contributed by atoms with van der Waals surface area (Å²) in [7, 11) is 1.48. The van der Waals surface area contributed by atoms with Gasteiger partial charge in [0.05, 0.1) is 40.8 Å². The maximum Gasteiger partial charge on any atom is 0.330 e. The number of carboxylic acid groups (broad SMARTS) is 1. The number of thioether (sulfide) groups is 1. The van der Waals surface area contributed by atoms with Crippen molar-refractivity contribution in [3.05, 3.63) is 182 Å². The van der Waals surface area contributed by atoms with Gasteiger partial charge in [0.1, 0.15) is 89.1 Å². The first-order valence-electron chi connectivity index (χ1n) is 38.6. The van der Waals surface area contributed by atoms with Crippen LogP contribution in [-0.4, -0.2) is 205 Å². The van der Waals surface area contributed by atoms with E-state index in [0.29, 0.717) is 5.02 Å². The van der Waals surface area contributed by atoms with Crippen molar-refractivity contribution in [2.24, 2.45) is 11.7 Å². The summed E-state index contributed by atoms with van der Waals surface area (Å²) in [4.78, 5) is 123. The van der Waals surface area contributed by atoms with Crippen LogP contribution in [0.4, 0.5) is 0 Å². The topological polar surface area (TPSA) is 555 Å². The van der Waals surface area contributed by atoms with Gasteiger partial charge in [-0.1, -0.05) is 115 Å². The molecule has 7 amide bonds. The number of aromatic nitrogens is 3. The number of aryl methyl sites for hydroxylation is 1. The average molecular weight is 1780 g/mol. The number of ether oxygens (including phenoxy) is 6. The largest absolute Gasteiger partial charge is 0.508 e. The number of aliphatic carboxylic acids is 1. The van der Waals surface area contributed by atoms with E-state index in [1.807, 2.05) is 50.2 Å². The molecule has 123 heavy (non-hydrogen) atoms. The van der Waals surface area contributed by atoms with E-state index in [1.165, 1.54) is 26.1 Å². The third-order valence-corrected chi connectivity index (χ3v) is 23.3. The number of likely N-dealkylation sites (N-methyl/N-ethyl adjacent to an activating group) is 1. The maximum absolute atomic E-state index is 16.4. The molecule has 1 aromatic heterocycles. The summed E-state index contributed by atoms with van der Waals surface area (Å²) in [6.07, 6.45) is -18.7. The molecule has 2 fully saturated rings. The van der Waals surface area contributed by atoms with Gasteiger partial charge in [-0.2, -0.15) is 4.98 Å². The Labute approximate surface area is 720 Å². The molecule has 11 bridgehead atoms. The molecule has 7 aliphatic rings. The molecule has 15 rings (SSSR count). The number of nitrogens with two attached hydrogens (primary N) is 1. The predicted molar refractivity (Wildman–Crippen MR) is 439 cm³/mol. The third-order valence-electron chi connectivity index (χ3n) is 21.6. The number of amides is 7. The van der Waals surface area contributed by atoms with Crippen molar-refractivity contribution in [2.45, 2.75) is 175 Å². The summed E-state index contributed by atoms with van der Waals surface area (Å²) in [6.45, 7) is 8.57. The van der Waals surface area contributed by atoms with Crippen LogP contribution in [-0.2, 0) is 59.1 Å². The van der Waals surface area contributed by atoms with Gasteiger partial charge in [-0.3, -0.25) is 33.6 Å². The zero-order valence-electron chi connectivity index (χ0n) is 66.2. The number of nitrogens with zero attached hydrogens (tertiary/aromatic N) is 3. The lowest BCUT2D eigenvalue weighted by Gasteiger charge is -2.48. The summed E-state index contributed by atoms with van der Waals surface area (Å²) in [5, 5.41) is 146. The molecule has 2 saturated heterocycles. The molecule has 8 aromatic rings. The summed E-state index contributed by atoms with van der Waals surface area (Å²) in [5.41, 5.74) is 4.33. The molecule has 36 nitrogen and oxygen atoms in total. The highest BCUT2D eigenvalue weighted by molar-refractivity contribution is 7.99. The molecule has 7 aliphatic heterocycles. The third kappa shape index (κ3) is 19.9. The monoisotopic (exact) mass is 1770 g/mol. The van der Waals surface area contributed by atoms with Crippen LogP contribution >= 0.6 is 46.6 Å². The zero-order valence-corrected chi connectivity index (χ0v) is 69.3. The Morgan fingerprint density at radius 2 is 1.30 bits per heavy atom. The number of halogens is 3. The fourth-order valence-electron chi connectivity index (χ4n) is 15.0. The van der Waals surface area contributed by atoms with E-state index in [0.717, 1.165) is 95.2 Å². The lowest BCUT2D eigenvalue weighted by atomic mass is 9.84. The van der Waals surface area contributed by atoms with Crippen LogP contribution in [0.1, 0.15) is 116 Å². The fraction of sp³-hybridized carbons (Fsp3) is 0.361. The Bertz CT molecular complexity index is 5400. The van der Waals surface area contributed by atoms with Crippen LogP contribution in [0.3, 0.4) is 0 Å². The van der Waals surface area contributed by atoms with Gasteiger partial charge in [0, 0.05) is 52.0 Å². The Morgan fingerprint density at radius 1 is 0.683 bits per heavy atom. The molecular formula is C83H87Cl3N12O24S. The summed E-state index contributed by atoms with van der Waals surface area (Å²) in [6, 6.07) is 14.2. The second-order valence-electron chi connectivity index (χ2n) is 30.8. The molecule has 0 saturated carbocycles. The molecular weight excluding hydrogens is 1690 g/mol. The van der Waals surface area contributed by atoms with E-state index in [-0.39, 0.29) is 69.4 Å². The standard InChI is InChI=1S/C83H87Cl3N12O24S/c1-33(2)21-49(88-6)74(109)94-64-66(103)40-14-19-53(47(85)23-40)118-55-25-42-26-56(70(55)122-81-71(69(106)68(105)57(120-81)32-123-82-96-73(108)34(3)97-98-82)121-59-30-83(5,72(107)35(4)117-59)89-31-36-7-9-37(10-8-36)38-11-16-43(84)17-12-38)119-54-20-15-41(24-48(54)86)67(104)65-79(114)93-63(80(115)116)46-27-44(99)28-52(101)60(46)45-22-39(13-18-51(45)100)61(76(111)95-65)92-77(112)62(42)91-75(110)50(29-58(87)102)90-78(64)113/h7-20,22-28,33,35,49-50,57,59,61-69,71-72,81,88-89,99-101,103-107H,21,29-32H2,1-6H3,(H2,87,102)(H,90,113)(H,91,110)(H,92,112)(H,93,114)(H,94,109)(H,95,111)(H,115,116)(H,96,98,108)/t35?,49-,50-,57?,59?,61+,62+,63+,64+,65-,66+,67+,68?,69?,71?,72?,81?,83?/m0/s1. The van der Waals surface area contributed by atoms with Crippen molar-refractivity contribution in [3.8, 4) is 74.1 Å². The number of aromatic hydroxyl groups is 4. The summed E-state index contributed by atoms with van der Waals surface area (Å²) >= 11 is 21.4. The van der Waals surface area contributed by atoms with E-state index >= 15 is 24.0 Å². The first kappa shape index (κ1) is 89.5. The first-order valence-corrected chi connectivity index (χ1v) is 40.7. The SMILES string of the molecule is CN[C@@H](CC(C)C)C(=O)N[C@H]1C(=O)N[C@@H](CC(N)=O)C(=O)N[C@H]2C(=O)N[C@H]3C(=O)N[C@H](C(=O)N[C@@H](C(=O)O)c4cc(O)cc(O)c4-c4cc3ccc4O)[C@H](O)c3ccc(c(Cl)c3)Oc3cc2cc(c3OC2OC(CSc3nnc(C)c(O)n3)C(O)C(O)C2OC2CC(C)(NCc3ccc(-c4ccc(Cl)cc4)cc3)C(O)C(C)O2)Oc2ccc(cc2Cl)[C@H]1O. The highest BCUT2D eigenvalue weighted by atomic mass is 35.5. The number of rotatable bonds is 19. The highest BCUT2D eigenvalue weighted by Crippen LogP contribution is 2.50. The van der Waals surface area contributed by atoms with Crippen molar-refractivity contribution in [3.63, 3.8) is 0 Å². The molecule has 0 aliphatic carbocycles. The van der Waals surface area contributed by atoms with Gasteiger partial charge in [-0.15, -0.1) is 10.2 Å². The number of aliphatic hydroxyl groups is 5. The van der Waals surface area contributed by atoms with E-state index in [1.54, 1.807) is 26.0 Å². The second kappa shape index (κ2) is 37.4. The zero-order chi connectivity index (χ0) is 88.5. The number of hydrogen-bond acceptors (Lipinski definition) is 29. The van der Waals surface area contributed by atoms with Gasteiger partial charge < -0.3 is 128 Å². The Balaban J connectivity index is 1.00. The van der Waals surface area contributed by atoms with Gasteiger partial charge >= 0.3 is 5.97 Å². The molecule has 7 aromatic carbocycles. The number of hydrogen-bond donors (Lipinski definition) is 19. The molecule has 650 valence electrons. The van der Waals surface area contributed by atoms with Gasteiger partial charge in [0.2, 0.25) is 64.4 Å². The number of carbonyl (C=O) groups excluding carboxylic acids is 7. The van der Waals surface area contributed by atoms with Gasteiger partial charge in [0.15, 0.2) is 29.9 Å². The molecule has 8 heterocycles. The van der Waals surface area contributed by atoms with Gasteiger partial charge in [-0.25, -0.2) is 4.79 Å². The number of aliphatic hydroxyl groups excluding tert-OH is 5. The number of phenolic OH excluding ortho intramolecular Hbond substituents is 3. The number of fused-ring (bicyclic) bond motifs is 15. The highest BCUT2D eigenvalue weighted by Gasteiger charge is 2.53. The van der Waals surface area contributed by atoms with Crippen LogP contribution in [0.5, 0.6) is 51.9 Å². The number of benzene rings is 7. The maximum atomic E-state index is 16.4. The van der Waals surface area contributed by atoms with Crippen molar-refractivity contribution < 1.29 is 118 Å². The van der Waals surface area contributed by atoms with Crippen molar-refractivity contribution in [1.82, 2.24) is 57.7 Å². The Hall–Kier alpha value is -11.3. The van der Waals surface area contributed by atoms with Crippen LogP contribution < -0.4 is 62.5 Å². The van der Waals surface area contributed by atoms with E-state index in [2.05, 4.69) is 57.7 Å². The lowest BCUT2D eigenvalue weighted by Crippen LogP contribution is -2.65. The van der Waals surface area contributed by atoms with E-state index in [9.17, 15) is 65.4 Å². The van der Waals surface area contributed by atoms with Crippen LogP contribution in [0.2, 0.25) is 15.1 Å². The molecule has 40 heteroatoms. The Kier molecular flexibility index (Phi) is 27.2. The number of primary amides is 1.